The lowest BCUT2D eigenvalue weighted by atomic mass is 10.1. The summed E-state index contributed by atoms with van der Waals surface area (Å²) in [6, 6.07) is 9.50. The SMILES string of the molecule is CCS(=O)(=O)Nc1ccc([C@@H](C)Nc2cncc(C)c2)cc1. The molecule has 2 rings (SSSR count). The van der Waals surface area contributed by atoms with Crippen molar-refractivity contribution in [3.63, 3.8) is 0 Å². The highest BCUT2D eigenvalue weighted by molar-refractivity contribution is 7.92. The number of sulfonamides is 1. The number of hydrogen-bond acceptors (Lipinski definition) is 4. The Morgan fingerprint density at radius 2 is 1.82 bits per heavy atom. The average molecular weight is 319 g/mol. The maximum Gasteiger partial charge on any atom is 0.232 e. The van der Waals surface area contributed by atoms with Gasteiger partial charge >= 0.3 is 0 Å². The molecule has 0 saturated heterocycles. The number of benzene rings is 1. The molecule has 22 heavy (non-hydrogen) atoms. The number of anilines is 2. The van der Waals surface area contributed by atoms with Crippen LogP contribution in [0.4, 0.5) is 11.4 Å². The first-order valence-electron chi connectivity index (χ1n) is 7.18. The molecule has 0 aliphatic heterocycles. The fourth-order valence-electron chi connectivity index (χ4n) is 2.06. The van der Waals surface area contributed by atoms with Crippen molar-refractivity contribution < 1.29 is 8.42 Å². The molecule has 0 amide bonds. The van der Waals surface area contributed by atoms with E-state index >= 15 is 0 Å². The van der Waals surface area contributed by atoms with Gasteiger partial charge in [-0.3, -0.25) is 9.71 Å². The minimum atomic E-state index is -3.23. The molecular weight excluding hydrogens is 298 g/mol. The minimum absolute atomic E-state index is 0.0626. The van der Waals surface area contributed by atoms with Crippen LogP contribution in [0.2, 0.25) is 0 Å². The van der Waals surface area contributed by atoms with Gasteiger partial charge in [-0.15, -0.1) is 0 Å². The van der Waals surface area contributed by atoms with Crippen molar-refractivity contribution >= 4 is 21.4 Å². The molecule has 1 aromatic heterocycles. The lowest BCUT2D eigenvalue weighted by Crippen LogP contribution is -2.14. The third-order valence-electron chi connectivity index (χ3n) is 3.32. The van der Waals surface area contributed by atoms with Crippen LogP contribution >= 0.6 is 0 Å². The molecule has 0 radical (unpaired) electrons. The molecule has 5 nitrogen and oxygen atoms in total. The monoisotopic (exact) mass is 319 g/mol. The molecule has 0 spiro atoms. The molecule has 1 atom stereocenters. The molecule has 0 aliphatic rings. The number of nitrogens with one attached hydrogen (secondary N) is 2. The normalized spacial score (nSPS) is 12.7. The van der Waals surface area contributed by atoms with Crippen LogP contribution in [0.25, 0.3) is 0 Å². The van der Waals surface area contributed by atoms with Gasteiger partial charge in [-0.1, -0.05) is 12.1 Å². The van der Waals surface area contributed by atoms with Crippen LogP contribution in [-0.2, 0) is 10.0 Å². The van der Waals surface area contributed by atoms with Gasteiger partial charge < -0.3 is 5.32 Å². The van der Waals surface area contributed by atoms with Crippen LogP contribution in [0, 0.1) is 6.92 Å². The number of aromatic nitrogens is 1. The van der Waals surface area contributed by atoms with Gasteiger partial charge in [0, 0.05) is 24.1 Å². The first-order valence-corrected chi connectivity index (χ1v) is 8.83. The molecule has 0 saturated carbocycles. The Kier molecular flexibility index (Phi) is 5.03. The molecule has 6 heteroatoms. The molecule has 2 N–H and O–H groups in total. The minimum Gasteiger partial charge on any atom is -0.377 e. The van der Waals surface area contributed by atoms with Gasteiger partial charge in [0.1, 0.15) is 0 Å². The van der Waals surface area contributed by atoms with E-state index in [9.17, 15) is 8.42 Å². The van der Waals surface area contributed by atoms with Crippen LogP contribution in [-0.4, -0.2) is 19.2 Å². The number of hydrogen-bond donors (Lipinski definition) is 2. The van der Waals surface area contributed by atoms with Crippen LogP contribution in [0.15, 0.2) is 42.7 Å². The van der Waals surface area contributed by atoms with Crippen molar-refractivity contribution in [2.45, 2.75) is 26.8 Å². The van der Waals surface area contributed by atoms with E-state index in [1.54, 1.807) is 25.3 Å². The van der Waals surface area contributed by atoms with Gasteiger partial charge in [-0.25, -0.2) is 8.42 Å². The van der Waals surface area contributed by atoms with Crippen LogP contribution in [0.1, 0.15) is 31.0 Å². The Labute approximate surface area is 131 Å². The predicted molar refractivity (Wildman–Crippen MR) is 90.5 cm³/mol. The molecule has 1 heterocycles. The largest absolute Gasteiger partial charge is 0.377 e. The Balaban J connectivity index is 2.06. The molecule has 0 bridgehead atoms. The maximum absolute atomic E-state index is 11.5. The van der Waals surface area contributed by atoms with E-state index in [0.29, 0.717) is 5.69 Å². The fourth-order valence-corrected chi connectivity index (χ4v) is 2.70. The number of rotatable bonds is 6. The van der Waals surface area contributed by atoms with E-state index in [-0.39, 0.29) is 11.8 Å². The van der Waals surface area contributed by atoms with Gasteiger partial charge in [0.15, 0.2) is 0 Å². The summed E-state index contributed by atoms with van der Waals surface area (Å²) in [6.45, 7) is 5.66. The second-order valence-electron chi connectivity index (χ2n) is 5.24. The predicted octanol–water partition coefficient (Wildman–Crippen LogP) is 3.32. The van der Waals surface area contributed by atoms with E-state index in [1.807, 2.05) is 38.2 Å². The van der Waals surface area contributed by atoms with Gasteiger partial charge in [-0.05, 0) is 50.1 Å². The van der Waals surface area contributed by atoms with E-state index in [2.05, 4.69) is 15.0 Å². The van der Waals surface area contributed by atoms with Gasteiger partial charge in [0.05, 0.1) is 11.4 Å². The number of aryl methyl sites for hydroxylation is 1. The third kappa shape index (κ3) is 4.46. The van der Waals surface area contributed by atoms with Crippen LogP contribution < -0.4 is 10.0 Å². The summed E-state index contributed by atoms with van der Waals surface area (Å²) in [5, 5.41) is 3.38. The van der Waals surface area contributed by atoms with Crippen LogP contribution in [0.3, 0.4) is 0 Å². The van der Waals surface area contributed by atoms with Gasteiger partial charge in [0.25, 0.3) is 0 Å². The van der Waals surface area contributed by atoms with Crippen molar-refractivity contribution in [3.05, 3.63) is 53.9 Å². The highest BCUT2D eigenvalue weighted by Gasteiger charge is 2.09. The lowest BCUT2D eigenvalue weighted by molar-refractivity contribution is 0.602. The summed E-state index contributed by atoms with van der Waals surface area (Å²) in [7, 11) is -3.23. The Bertz CT molecular complexity index is 727. The molecular formula is C16H21N3O2S. The van der Waals surface area contributed by atoms with Gasteiger partial charge in [0.2, 0.25) is 10.0 Å². The molecule has 118 valence electrons. The lowest BCUT2D eigenvalue weighted by Gasteiger charge is -2.16. The third-order valence-corrected chi connectivity index (χ3v) is 4.63. The summed E-state index contributed by atoms with van der Waals surface area (Å²) >= 11 is 0. The second kappa shape index (κ2) is 6.79. The second-order valence-corrected chi connectivity index (χ2v) is 7.26. The van der Waals surface area contributed by atoms with Crippen molar-refractivity contribution in [2.24, 2.45) is 0 Å². The Hall–Kier alpha value is -2.08. The zero-order chi connectivity index (χ0) is 16.2. The van der Waals surface area contributed by atoms with Crippen molar-refractivity contribution in [1.29, 1.82) is 0 Å². The smallest absolute Gasteiger partial charge is 0.232 e. The van der Waals surface area contributed by atoms with Gasteiger partial charge in [-0.2, -0.15) is 0 Å². The van der Waals surface area contributed by atoms with Crippen molar-refractivity contribution in [1.82, 2.24) is 4.98 Å². The summed E-state index contributed by atoms with van der Waals surface area (Å²) < 4.78 is 25.6. The summed E-state index contributed by atoms with van der Waals surface area (Å²) in [5.41, 5.74) is 3.71. The van der Waals surface area contributed by atoms with E-state index in [4.69, 9.17) is 0 Å². The van der Waals surface area contributed by atoms with Crippen LogP contribution in [0.5, 0.6) is 0 Å². The highest BCUT2D eigenvalue weighted by Crippen LogP contribution is 2.21. The van der Waals surface area contributed by atoms with E-state index in [0.717, 1.165) is 16.8 Å². The van der Waals surface area contributed by atoms with Crippen molar-refractivity contribution in [3.8, 4) is 0 Å². The molecule has 0 fully saturated rings. The standard InChI is InChI=1S/C16H21N3O2S/c1-4-22(20,21)19-15-7-5-14(6-8-15)13(3)18-16-9-12(2)10-17-11-16/h5-11,13,18-19H,4H2,1-3H3/t13-/m1/s1. The molecule has 0 unspecified atom stereocenters. The average Bonchev–Trinajstić information content (AvgIpc) is 2.47. The first kappa shape index (κ1) is 16.3. The summed E-state index contributed by atoms with van der Waals surface area (Å²) in [5.74, 6) is 0.0626. The summed E-state index contributed by atoms with van der Waals surface area (Å²) in [6.07, 6.45) is 3.59. The maximum atomic E-state index is 11.5. The molecule has 2 aromatic rings. The topological polar surface area (TPSA) is 71.1 Å². The molecule has 0 aliphatic carbocycles. The number of pyridine rings is 1. The fraction of sp³-hybridized carbons (Fsp3) is 0.312. The van der Waals surface area contributed by atoms with E-state index < -0.39 is 10.0 Å². The Morgan fingerprint density at radius 1 is 1.14 bits per heavy atom. The first-order chi connectivity index (χ1) is 10.4. The number of nitrogens with zero attached hydrogens (tertiary/aromatic N) is 1. The Morgan fingerprint density at radius 3 is 2.41 bits per heavy atom. The molecule has 1 aromatic carbocycles. The zero-order valence-electron chi connectivity index (χ0n) is 13.0. The summed E-state index contributed by atoms with van der Waals surface area (Å²) in [4.78, 5) is 4.16. The quantitative estimate of drug-likeness (QED) is 0.857. The van der Waals surface area contributed by atoms with Crippen molar-refractivity contribution in [2.75, 3.05) is 15.8 Å². The van der Waals surface area contributed by atoms with E-state index in [1.165, 1.54) is 0 Å². The highest BCUT2D eigenvalue weighted by atomic mass is 32.2. The zero-order valence-corrected chi connectivity index (χ0v) is 13.8.